The van der Waals surface area contributed by atoms with Crippen LogP contribution in [0, 0.1) is 6.92 Å². The third-order valence-electron chi connectivity index (χ3n) is 2.74. The lowest BCUT2D eigenvalue weighted by molar-refractivity contribution is 0.000698. The molecule has 0 spiro atoms. The Morgan fingerprint density at radius 1 is 1.39 bits per heavy atom. The van der Waals surface area contributed by atoms with Crippen molar-refractivity contribution in [1.29, 1.82) is 0 Å². The molecule has 98 valence electrons. The molecule has 0 radical (unpaired) electrons. The van der Waals surface area contributed by atoms with Crippen LogP contribution in [0.5, 0.6) is 0 Å². The molecule has 0 aliphatic carbocycles. The summed E-state index contributed by atoms with van der Waals surface area (Å²) in [5, 5.41) is 4.32. The second-order valence-electron chi connectivity index (χ2n) is 5.04. The molecule has 2 rings (SSSR count). The molecule has 0 saturated carbocycles. The number of aromatic nitrogens is 1. The molecule has 4 heteroatoms. The van der Waals surface area contributed by atoms with Crippen LogP contribution in [-0.2, 0) is 4.74 Å². The van der Waals surface area contributed by atoms with Crippen LogP contribution in [0.4, 0.5) is 5.13 Å². The summed E-state index contributed by atoms with van der Waals surface area (Å²) in [5.74, 6) is 0. The molecule has 0 aliphatic heterocycles. The first kappa shape index (κ1) is 13.3. The molecule has 0 unspecified atom stereocenters. The molecule has 3 nitrogen and oxygen atoms in total. The molecule has 0 saturated heterocycles. The predicted molar refractivity (Wildman–Crippen MR) is 78.6 cm³/mol. The van der Waals surface area contributed by atoms with Gasteiger partial charge in [-0.3, -0.25) is 0 Å². The number of nitrogens with one attached hydrogen (secondary N) is 1. The van der Waals surface area contributed by atoms with Crippen molar-refractivity contribution < 1.29 is 4.74 Å². The lowest BCUT2D eigenvalue weighted by Gasteiger charge is -2.24. The summed E-state index contributed by atoms with van der Waals surface area (Å²) < 4.78 is 6.89. The van der Waals surface area contributed by atoms with Gasteiger partial charge < -0.3 is 10.1 Å². The lowest BCUT2D eigenvalue weighted by atomic mass is 10.1. The van der Waals surface area contributed by atoms with Gasteiger partial charge in [-0.2, -0.15) is 0 Å². The molecule has 18 heavy (non-hydrogen) atoms. The first-order chi connectivity index (χ1) is 8.50. The summed E-state index contributed by atoms with van der Waals surface area (Å²) in [6.07, 6.45) is 0. The maximum atomic E-state index is 5.66. The lowest BCUT2D eigenvalue weighted by Crippen LogP contribution is -2.33. The number of nitrogens with zero attached hydrogens (tertiary/aromatic N) is 1. The summed E-state index contributed by atoms with van der Waals surface area (Å²) in [5.41, 5.74) is 2.16. The highest BCUT2D eigenvalue weighted by atomic mass is 32.1. The Morgan fingerprint density at radius 2 is 2.17 bits per heavy atom. The second-order valence-corrected chi connectivity index (χ2v) is 6.07. The summed E-state index contributed by atoms with van der Waals surface area (Å²) in [4.78, 5) is 4.57. The van der Waals surface area contributed by atoms with E-state index in [1.54, 1.807) is 11.3 Å². The number of fused-ring (bicyclic) bond motifs is 1. The van der Waals surface area contributed by atoms with Crippen molar-refractivity contribution in [3.63, 3.8) is 0 Å². The number of hydrogen-bond donors (Lipinski definition) is 1. The number of rotatable bonds is 5. The van der Waals surface area contributed by atoms with Crippen molar-refractivity contribution in [2.24, 2.45) is 0 Å². The molecular formula is C14H20N2OS. The van der Waals surface area contributed by atoms with Gasteiger partial charge in [-0.15, -0.1) is 0 Å². The molecule has 1 aromatic carbocycles. The zero-order valence-corrected chi connectivity index (χ0v) is 12.2. The smallest absolute Gasteiger partial charge is 0.183 e. The SMILES string of the molecule is CCOC(C)(C)CNc1nc2ccc(C)cc2s1. The minimum absolute atomic E-state index is 0.164. The molecule has 1 N–H and O–H groups in total. The van der Waals surface area contributed by atoms with Crippen LogP contribution in [0.1, 0.15) is 26.3 Å². The fourth-order valence-corrected chi connectivity index (χ4v) is 2.80. The summed E-state index contributed by atoms with van der Waals surface area (Å²) in [6, 6.07) is 6.34. The van der Waals surface area contributed by atoms with E-state index in [4.69, 9.17) is 4.74 Å². The summed E-state index contributed by atoms with van der Waals surface area (Å²) >= 11 is 1.69. The molecule has 0 aliphatic rings. The Morgan fingerprint density at radius 3 is 2.89 bits per heavy atom. The van der Waals surface area contributed by atoms with Crippen molar-refractivity contribution in [3.05, 3.63) is 23.8 Å². The highest BCUT2D eigenvalue weighted by molar-refractivity contribution is 7.22. The van der Waals surface area contributed by atoms with Gasteiger partial charge in [0.15, 0.2) is 5.13 Å². The van der Waals surface area contributed by atoms with E-state index < -0.39 is 0 Å². The Balaban J connectivity index is 2.08. The van der Waals surface area contributed by atoms with Gasteiger partial charge in [0.1, 0.15) is 0 Å². The van der Waals surface area contributed by atoms with Gasteiger partial charge in [0.25, 0.3) is 0 Å². The minimum atomic E-state index is -0.164. The highest BCUT2D eigenvalue weighted by Gasteiger charge is 2.17. The highest BCUT2D eigenvalue weighted by Crippen LogP contribution is 2.27. The number of ether oxygens (including phenoxy) is 1. The zero-order valence-electron chi connectivity index (χ0n) is 11.4. The fourth-order valence-electron chi connectivity index (χ4n) is 1.84. The number of hydrogen-bond acceptors (Lipinski definition) is 4. The van der Waals surface area contributed by atoms with E-state index in [0.717, 1.165) is 23.8 Å². The molecule has 0 atom stereocenters. The van der Waals surface area contributed by atoms with E-state index >= 15 is 0 Å². The standard InChI is InChI=1S/C14H20N2OS/c1-5-17-14(3,4)9-15-13-16-11-7-6-10(2)8-12(11)18-13/h6-8H,5,9H2,1-4H3,(H,15,16). The van der Waals surface area contributed by atoms with Crippen molar-refractivity contribution in [2.75, 3.05) is 18.5 Å². The van der Waals surface area contributed by atoms with E-state index in [2.05, 4.69) is 49.3 Å². The quantitative estimate of drug-likeness (QED) is 0.891. The van der Waals surface area contributed by atoms with Crippen molar-refractivity contribution >= 4 is 26.7 Å². The first-order valence-corrected chi connectivity index (χ1v) is 7.07. The third kappa shape index (κ3) is 3.21. The summed E-state index contributed by atoms with van der Waals surface area (Å²) in [7, 11) is 0. The Kier molecular flexibility index (Phi) is 3.88. The molecule has 1 heterocycles. The van der Waals surface area contributed by atoms with E-state index in [9.17, 15) is 0 Å². The van der Waals surface area contributed by atoms with Crippen molar-refractivity contribution in [1.82, 2.24) is 4.98 Å². The Bertz CT molecular complexity index is 534. The average molecular weight is 264 g/mol. The van der Waals surface area contributed by atoms with Crippen LogP contribution in [0.2, 0.25) is 0 Å². The fraction of sp³-hybridized carbons (Fsp3) is 0.500. The largest absolute Gasteiger partial charge is 0.374 e. The normalized spacial score (nSPS) is 12.0. The number of aryl methyl sites for hydroxylation is 1. The van der Waals surface area contributed by atoms with Gasteiger partial charge in [-0.1, -0.05) is 17.4 Å². The van der Waals surface area contributed by atoms with Gasteiger partial charge in [-0.25, -0.2) is 4.98 Å². The molecular weight excluding hydrogens is 244 g/mol. The monoisotopic (exact) mass is 264 g/mol. The van der Waals surface area contributed by atoms with Crippen LogP contribution in [0.25, 0.3) is 10.2 Å². The molecule has 0 amide bonds. The average Bonchev–Trinajstić information content (AvgIpc) is 2.68. The first-order valence-electron chi connectivity index (χ1n) is 6.25. The Hall–Kier alpha value is -1.13. The third-order valence-corrected chi connectivity index (χ3v) is 3.72. The second kappa shape index (κ2) is 5.24. The number of benzene rings is 1. The van der Waals surface area contributed by atoms with Gasteiger partial charge in [0.2, 0.25) is 0 Å². The van der Waals surface area contributed by atoms with Gasteiger partial charge in [0, 0.05) is 13.2 Å². The summed E-state index contributed by atoms with van der Waals surface area (Å²) in [6.45, 7) is 9.78. The number of anilines is 1. The van der Waals surface area contributed by atoms with Crippen LogP contribution in [-0.4, -0.2) is 23.7 Å². The van der Waals surface area contributed by atoms with E-state index in [1.807, 2.05) is 6.92 Å². The van der Waals surface area contributed by atoms with Gasteiger partial charge >= 0.3 is 0 Å². The van der Waals surface area contributed by atoms with Crippen molar-refractivity contribution in [3.8, 4) is 0 Å². The zero-order chi connectivity index (χ0) is 13.2. The van der Waals surface area contributed by atoms with Crippen LogP contribution in [0.15, 0.2) is 18.2 Å². The molecule has 0 bridgehead atoms. The minimum Gasteiger partial charge on any atom is -0.374 e. The molecule has 0 fully saturated rings. The van der Waals surface area contributed by atoms with Crippen LogP contribution in [0.3, 0.4) is 0 Å². The number of thiazole rings is 1. The molecule has 2 aromatic rings. The van der Waals surface area contributed by atoms with Gasteiger partial charge in [0.05, 0.1) is 15.8 Å². The van der Waals surface area contributed by atoms with E-state index in [1.165, 1.54) is 10.3 Å². The van der Waals surface area contributed by atoms with Crippen LogP contribution < -0.4 is 5.32 Å². The Labute approximate surface area is 112 Å². The topological polar surface area (TPSA) is 34.1 Å². The predicted octanol–water partition coefficient (Wildman–Crippen LogP) is 3.83. The van der Waals surface area contributed by atoms with Crippen LogP contribution >= 0.6 is 11.3 Å². The maximum absolute atomic E-state index is 5.66. The van der Waals surface area contributed by atoms with E-state index in [0.29, 0.717) is 0 Å². The van der Waals surface area contributed by atoms with Crippen molar-refractivity contribution in [2.45, 2.75) is 33.3 Å². The maximum Gasteiger partial charge on any atom is 0.183 e. The van der Waals surface area contributed by atoms with Gasteiger partial charge in [-0.05, 0) is 45.4 Å². The van der Waals surface area contributed by atoms with E-state index in [-0.39, 0.29) is 5.60 Å². The molecule has 1 aromatic heterocycles.